The summed E-state index contributed by atoms with van der Waals surface area (Å²) in [6.45, 7) is 16.0. The Balaban J connectivity index is 1.73. The predicted molar refractivity (Wildman–Crippen MR) is 194 cm³/mol. The number of terminal acetylenes is 1. The SMILES string of the molecule is C#Cc1cccc(N(CCS(=O)(=O)Oc2ccc(C(C)(C)c3ccc(OC(C)(C)CC)cc3)cc2)CCS(=O)(=O)C(C)(C)CCC)c1. The van der Waals surface area contributed by atoms with Crippen molar-refractivity contribution in [3.05, 3.63) is 89.5 Å². The first kappa shape index (κ1) is 38.0. The summed E-state index contributed by atoms with van der Waals surface area (Å²) in [6.07, 6.45) is 7.78. The molecule has 0 amide bonds. The van der Waals surface area contributed by atoms with Crippen LogP contribution in [0.1, 0.15) is 91.3 Å². The number of benzene rings is 3. The maximum absolute atomic E-state index is 13.2. The zero-order valence-corrected chi connectivity index (χ0v) is 30.8. The highest BCUT2D eigenvalue weighted by atomic mass is 32.2. The van der Waals surface area contributed by atoms with Crippen molar-refractivity contribution in [3.63, 3.8) is 0 Å². The van der Waals surface area contributed by atoms with E-state index in [2.05, 4.69) is 52.7 Å². The van der Waals surface area contributed by atoms with Gasteiger partial charge in [-0.15, -0.1) is 6.42 Å². The van der Waals surface area contributed by atoms with Crippen LogP contribution < -0.4 is 13.8 Å². The third kappa shape index (κ3) is 10.3. The average molecular weight is 682 g/mol. The van der Waals surface area contributed by atoms with Gasteiger partial charge in [-0.05, 0) is 94.1 Å². The Kier molecular flexibility index (Phi) is 12.3. The van der Waals surface area contributed by atoms with Gasteiger partial charge >= 0.3 is 10.1 Å². The normalized spacial score (nSPS) is 12.7. The summed E-state index contributed by atoms with van der Waals surface area (Å²) in [7, 11) is -7.47. The van der Waals surface area contributed by atoms with Crippen LogP contribution in [0, 0.1) is 12.3 Å². The zero-order valence-electron chi connectivity index (χ0n) is 29.2. The fourth-order valence-corrected chi connectivity index (χ4v) is 7.72. The van der Waals surface area contributed by atoms with Gasteiger partial charge < -0.3 is 13.8 Å². The Morgan fingerprint density at radius 1 is 0.766 bits per heavy atom. The molecule has 0 saturated carbocycles. The van der Waals surface area contributed by atoms with E-state index in [0.29, 0.717) is 17.7 Å². The van der Waals surface area contributed by atoms with E-state index in [1.54, 1.807) is 55.1 Å². The highest BCUT2D eigenvalue weighted by Crippen LogP contribution is 2.34. The molecule has 0 atom stereocenters. The lowest BCUT2D eigenvalue weighted by atomic mass is 9.78. The van der Waals surface area contributed by atoms with E-state index in [0.717, 1.165) is 29.7 Å². The van der Waals surface area contributed by atoms with E-state index >= 15 is 0 Å². The van der Waals surface area contributed by atoms with E-state index < -0.39 is 24.7 Å². The van der Waals surface area contributed by atoms with Crippen molar-refractivity contribution in [2.45, 2.75) is 90.4 Å². The molecule has 3 rings (SSSR count). The first-order valence-electron chi connectivity index (χ1n) is 16.2. The quantitative estimate of drug-likeness (QED) is 0.106. The first-order valence-corrected chi connectivity index (χ1v) is 19.4. The van der Waals surface area contributed by atoms with E-state index in [1.807, 2.05) is 31.2 Å². The Morgan fingerprint density at radius 3 is 1.85 bits per heavy atom. The van der Waals surface area contributed by atoms with Crippen molar-refractivity contribution in [1.82, 2.24) is 0 Å². The molecule has 0 aliphatic heterocycles. The second-order valence-corrected chi connectivity index (χ2v) is 18.2. The molecule has 0 spiro atoms. The highest BCUT2D eigenvalue weighted by Gasteiger charge is 2.33. The number of hydrogen-bond acceptors (Lipinski definition) is 7. The molecule has 0 unspecified atom stereocenters. The Hall–Kier alpha value is -3.48. The van der Waals surface area contributed by atoms with Crippen LogP contribution in [0.25, 0.3) is 0 Å². The molecule has 7 nitrogen and oxygen atoms in total. The lowest BCUT2D eigenvalue weighted by Crippen LogP contribution is -2.40. The number of ether oxygens (including phenoxy) is 1. The summed E-state index contributed by atoms with van der Waals surface area (Å²) in [5.74, 6) is 3.14. The minimum absolute atomic E-state index is 0.0281. The largest absolute Gasteiger partial charge is 0.488 e. The molecular weight excluding hydrogens is 631 g/mol. The summed E-state index contributed by atoms with van der Waals surface area (Å²) in [5.41, 5.74) is 2.76. The molecule has 9 heteroatoms. The van der Waals surface area contributed by atoms with Crippen molar-refractivity contribution in [1.29, 1.82) is 0 Å². The monoisotopic (exact) mass is 681 g/mol. The Morgan fingerprint density at radius 2 is 1.32 bits per heavy atom. The molecule has 0 saturated heterocycles. The summed E-state index contributed by atoms with van der Waals surface area (Å²) < 4.78 is 63.4. The third-order valence-corrected chi connectivity index (χ3v) is 12.7. The maximum Gasteiger partial charge on any atom is 0.310 e. The standard InChI is InChI=1S/C38H51NO6S2/c1-10-24-37(6,7)46(40,41)27-25-39(33-15-13-14-30(11-2)29-33)26-28-47(42,43)45-35-22-18-32(19-23-35)38(8,9)31-16-20-34(21-17-31)44-36(4,5)12-3/h2,13-23,29H,10,12,24-28H2,1,3-9H3. The third-order valence-electron chi connectivity index (χ3n) is 8.93. The summed E-state index contributed by atoms with van der Waals surface area (Å²) in [5, 5.41) is 0. The number of sulfone groups is 1. The van der Waals surface area contributed by atoms with Gasteiger partial charge in [-0.1, -0.05) is 70.4 Å². The van der Waals surface area contributed by atoms with Gasteiger partial charge in [-0.25, -0.2) is 8.42 Å². The van der Waals surface area contributed by atoms with Crippen LogP contribution in [0.5, 0.6) is 11.5 Å². The molecule has 0 N–H and O–H groups in total. The minimum Gasteiger partial charge on any atom is -0.488 e. The molecule has 3 aromatic carbocycles. The van der Waals surface area contributed by atoms with Crippen molar-refractivity contribution in [3.8, 4) is 23.8 Å². The van der Waals surface area contributed by atoms with Crippen molar-refractivity contribution in [2.24, 2.45) is 0 Å². The van der Waals surface area contributed by atoms with Crippen LogP contribution in [0.4, 0.5) is 5.69 Å². The van der Waals surface area contributed by atoms with Crippen LogP contribution >= 0.6 is 0 Å². The fourth-order valence-electron chi connectivity index (χ4n) is 5.26. The number of hydrogen-bond donors (Lipinski definition) is 0. The van der Waals surface area contributed by atoms with Crippen LogP contribution in [-0.4, -0.2) is 51.8 Å². The predicted octanol–water partition coefficient (Wildman–Crippen LogP) is 7.77. The van der Waals surface area contributed by atoms with Gasteiger partial charge in [0.05, 0.1) is 10.5 Å². The molecule has 0 aliphatic carbocycles. The molecule has 256 valence electrons. The average Bonchev–Trinajstić information content (AvgIpc) is 3.01. The van der Waals surface area contributed by atoms with Gasteiger partial charge in [-0.3, -0.25) is 0 Å². The van der Waals surface area contributed by atoms with E-state index in [-0.39, 0.29) is 41.4 Å². The highest BCUT2D eigenvalue weighted by molar-refractivity contribution is 7.92. The Bertz CT molecular complexity index is 1730. The van der Waals surface area contributed by atoms with Gasteiger partial charge in [0.2, 0.25) is 0 Å². The molecule has 0 fully saturated rings. The summed E-state index contributed by atoms with van der Waals surface area (Å²) in [6, 6.07) is 22.2. The summed E-state index contributed by atoms with van der Waals surface area (Å²) in [4.78, 5) is 1.74. The van der Waals surface area contributed by atoms with E-state index in [9.17, 15) is 16.8 Å². The van der Waals surface area contributed by atoms with Crippen LogP contribution in [-0.2, 0) is 25.4 Å². The Labute approximate surface area is 283 Å². The zero-order chi connectivity index (χ0) is 35.1. The van der Waals surface area contributed by atoms with Crippen LogP contribution in [0.15, 0.2) is 72.8 Å². The molecule has 0 radical (unpaired) electrons. The lowest BCUT2D eigenvalue weighted by Gasteiger charge is -2.29. The number of rotatable bonds is 17. The summed E-state index contributed by atoms with van der Waals surface area (Å²) >= 11 is 0. The number of anilines is 1. The van der Waals surface area contributed by atoms with Crippen LogP contribution in [0.3, 0.4) is 0 Å². The molecule has 47 heavy (non-hydrogen) atoms. The lowest BCUT2D eigenvalue weighted by molar-refractivity contribution is 0.105. The smallest absolute Gasteiger partial charge is 0.310 e. The minimum atomic E-state index is -4.01. The van der Waals surface area contributed by atoms with Crippen molar-refractivity contribution < 1.29 is 25.8 Å². The number of nitrogens with zero attached hydrogens (tertiary/aromatic N) is 1. The van der Waals surface area contributed by atoms with E-state index in [1.165, 1.54) is 0 Å². The molecule has 3 aromatic rings. The fraction of sp³-hybridized carbons (Fsp3) is 0.474. The topological polar surface area (TPSA) is 90.0 Å². The molecular formula is C38H51NO6S2. The maximum atomic E-state index is 13.2. The van der Waals surface area contributed by atoms with Gasteiger partial charge in [0.15, 0.2) is 9.84 Å². The van der Waals surface area contributed by atoms with Crippen molar-refractivity contribution in [2.75, 3.05) is 29.5 Å². The second kappa shape index (κ2) is 15.2. The molecule has 0 heterocycles. The van der Waals surface area contributed by atoms with Crippen molar-refractivity contribution >= 4 is 25.6 Å². The molecule has 0 aliphatic rings. The van der Waals surface area contributed by atoms with Crippen LogP contribution in [0.2, 0.25) is 0 Å². The van der Waals surface area contributed by atoms with Gasteiger partial charge in [0, 0.05) is 29.8 Å². The van der Waals surface area contributed by atoms with Gasteiger partial charge in [0.1, 0.15) is 22.9 Å². The van der Waals surface area contributed by atoms with E-state index in [4.69, 9.17) is 15.3 Å². The van der Waals surface area contributed by atoms with Gasteiger partial charge in [0.25, 0.3) is 0 Å². The molecule has 0 bridgehead atoms. The molecule has 0 aromatic heterocycles. The first-order chi connectivity index (χ1) is 21.8. The second-order valence-electron chi connectivity index (χ2n) is 13.7. The van der Waals surface area contributed by atoms with Gasteiger partial charge in [-0.2, -0.15) is 8.42 Å².